The summed E-state index contributed by atoms with van der Waals surface area (Å²) in [5.74, 6) is -0.0265. The lowest BCUT2D eigenvalue weighted by Gasteiger charge is -2.30. The van der Waals surface area contributed by atoms with Crippen LogP contribution in [0.5, 0.6) is 5.75 Å². The summed E-state index contributed by atoms with van der Waals surface area (Å²) in [6.07, 6.45) is 3.18. The van der Waals surface area contributed by atoms with Crippen molar-refractivity contribution in [3.05, 3.63) is 17.2 Å². The Morgan fingerprint density at radius 1 is 1.40 bits per heavy atom. The molecule has 1 fully saturated rings. The molecule has 2 N–H and O–H groups in total. The molecule has 166 valence electrons. The number of benzene rings is 1. The second-order valence-corrected chi connectivity index (χ2v) is 10.4. The van der Waals surface area contributed by atoms with Gasteiger partial charge in [0, 0.05) is 25.6 Å². The molecule has 0 aromatic heterocycles. The molecule has 1 aromatic rings. The van der Waals surface area contributed by atoms with Gasteiger partial charge in [0.15, 0.2) is 16.4 Å². The van der Waals surface area contributed by atoms with Crippen LogP contribution in [0, 0.1) is 5.92 Å². The van der Waals surface area contributed by atoms with Crippen LogP contribution in [0.4, 0.5) is 5.69 Å². The highest BCUT2D eigenvalue weighted by Gasteiger charge is 2.25. The minimum atomic E-state index is -3.78. The number of halogens is 1. The molecule has 0 spiro atoms. The van der Waals surface area contributed by atoms with Gasteiger partial charge in [-0.05, 0) is 44.3 Å². The van der Waals surface area contributed by atoms with E-state index in [2.05, 4.69) is 22.5 Å². The number of ether oxygens (including phenoxy) is 1. The number of piperidine rings is 1. The van der Waals surface area contributed by atoms with Gasteiger partial charge >= 0.3 is 0 Å². The van der Waals surface area contributed by atoms with Crippen LogP contribution in [0.25, 0.3) is 0 Å². The summed E-state index contributed by atoms with van der Waals surface area (Å²) >= 11 is 6.10. The smallest absolute Gasteiger partial charge is 0.262 e. The molecule has 0 radical (unpaired) electrons. The maximum atomic E-state index is 12.7. The molecule has 2 heterocycles. The minimum Gasteiger partial charge on any atom is -0.482 e. The van der Waals surface area contributed by atoms with Gasteiger partial charge in [0.2, 0.25) is 5.91 Å². The number of anilines is 1. The maximum absolute atomic E-state index is 12.7. The number of hydrogen-bond donors (Lipinski definition) is 2. The Labute approximate surface area is 182 Å². The van der Waals surface area contributed by atoms with E-state index in [9.17, 15) is 18.0 Å². The average Bonchev–Trinajstić information content (AvgIpc) is 2.69. The summed E-state index contributed by atoms with van der Waals surface area (Å²) < 4.78 is 30.6. The fourth-order valence-corrected chi connectivity index (χ4v) is 5.60. The summed E-state index contributed by atoms with van der Waals surface area (Å²) in [5, 5.41) is 5.35. The molecule has 0 saturated carbocycles. The molecule has 1 aromatic carbocycles. The van der Waals surface area contributed by atoms with Crippen molar-refractivity contribution in [1.29, 1.82) is 0 Å². The third kappa shape index (κ3) is 6.09. The topological polar surface area (TPSA) is 105 Å². The molecule has 30 heavy (non-hydrogen) atoms. The summed E-state index contributed by atoms with van der Waals surface area (Å²) in [6, 6.07) is 2.65. The largest absolute Gasteiger partial charge is 0.482 e. The van der Waals surface area contributed by atoms with Crippen LogP contribution in [-0.2, 0) is 19.4 Å². The van der Waals surface area contributed by atoms with Crippen molar-refractivity contribution >= 4 is 38.9 Å². The summed E-state index contributed by atoms with van der Waals surface area (Å²) in [5.41, 5.74) is 0.330. The molecular weight excluding hydrogens is 430 g/mol. The molecule has 0 bridgehead atoms. The van der Waals surface area contributed by atoms with E-state index in [1.54, 1.807) is 0 Å². The van der Waals surface area contributed by atoms with Crippen LogP contribution in [0.2, 0.25) is 5.02 Å². The lowest BCUT2D eigenvalue weighted by Crippen LogP contribution is -2.36. The Morgan fingerprint density at radius 2 is 2.20 bits per heavy atom. The number of amides is 2. The van der Waals surface area contributed by atoms with Gasteiger partial charge in [0.1, 0.15) is 5.75 Å². The van der Waals surface area contributed by atoms with Gasteiger partial charge in [-0.2, -0.15) is 0 Å². The monoisotopic (exact) mass is 457 g/mol. The Bertz CT molecular complexity index is 906. The third-order valence-corrected chi connectivity index (χ3v) is 7.49. The number of carbonyl (C=O) groups excluding carboxylic acids is 2. The molecular formula is C20H28ClN3O5S. The van der Waals surface area contributed by atoms with Gasteiger partial charge < -0.3 is 20.3 Å². The first-order chi connectivity index (χ1) is 14.2. The number of nitrogens with one attached hydrogen (secondary N) is 2. The zero-order chi connectivity index (χ0) is 21.7. The van der Waals surface area contributed by atoms with Gasteiger partial charge in [-0.1, -0.05) is 18.5 Å². The minimum absolute atomic E-state index is 0.0179. The van der Waals surface area contributed by atoms with E-state index >= 15 is 0 Å². The van der Waals surface area contributed by atoms with Crippen molar-refractivity contribution in [3.8, 4) is 5.75 Å². The number of fused-ring (bicyclic) bond motifs is 1. The van der Waals surface area contributed by atoms with E-state index < -0.39 is 9.84 Å². The normalized spacial score (nSPS) is 19.5. The number of rotatable bonds is 8. The number of hydrogen-bond acceptors (Lipinski definition) is 6. The quantitative estimate of drug-likeness (QED) is 0.579. The molecule has 3 rings (SSSR count). The summed E-state index contributed by atoms with van der Waals surface area (Å²) in [6.45, 7) is 5.73. The van der Waals surface area contributed by atoms with Crippen LogP contribution in [0.1, 0.15) is 32.6 Å². The molecule has 2 aliphatic rings. The number of likely N-dealkylation sites (tertiary alicyclic amines) is 1. The second kappa shape index (κ2) is 9.98. The van der Waals surface area contributed by atoms with Gasteiger partial charge in [-0.25, -0.2) is 8.42 Å². The first-order valence-electron chi connectivity index (χ1n) is 10.2. The fraction of sp³-hybridized carbons (Fsp3) is 0.600. The second-order valence-electron chi connectivity index (χ2n) is 7.94. The lowest BCUT2D eigenvalue weighted by molar-refractivity contribution is -0.121. The molecule has 2 amide bonds. The van der Waals surface area contributed by atoms with Crippen molar-refractivity contribution in [2.75, 3.05) is 43.9 Å². The highest BCUT2D eigenvalue weighted by atomic mass is 35.5. The maximum Gasteiger partial charge on any atom is 0.262 e. The Hall–Kier alpha value is -1.84. The standard InChI is InChI=1S/C20H28ClN3O5S/c1-14-4-2-7-24(12-14)8-3-6-22-19(25)5-9-30(27,28)18-11-17-16(10-15(18)21)23-20(26)13-29-17/h10-11,14H,2-9,12-13H2,1H3,(H,22,25)(H,23,26)/t14-/m1/s1. The predicted molar refractivity (Wildman–Crippen MR) is 115 cm³/mol. The zero-order valence-electron chi connectivity index (χ0n) is 17.1. The van der Waals surface area contributed by atoms with Crippen LogP contribution >= 0.6 is 11.6 Å². The van der Waals surface area contributed by atoms with Gasteiger partial charge in [-0.15, -0.1) is 0 Å². The van der Waals surface area contributed by atoms with E-state index in [0.717, 1.165) is 32.0 Å². The first-order valence-corrected chi connectivity index (χ1v) is 12.3. The van der Waals surface area contributed by atoms with Crippen LogP contribution < -0.4 is 15.4 Å². The van der Waals surface area contributed by atoms with E-state index in [1.165, 1.54) is 25.0 Å². The molecule has 8 nitrogen and oxygen atoms in total. The average molecular weight is 458 g/mol. The van der Waals surface area contributed by atoms with Crippen molar-refractivity contribution < 1.29 is 22.7 Å². The summed E-state index contributed by atoms with van der Waals surface area (Å²) in [7, 11) is -3.78. The third-order valence-electron chi connectivity index (χ3n) is 5.31. The highest BCUT2D eigenvalue weighted by Crippen LogP contribution is 2.36. The first kappa shape index (κ1) is 22.8. The Balaban J connectivity index is 1.46. The highest BCUT2D eigenvalue weighted by molar-refractivity contribution is 7.91. The van der Waals surface area contributed by atoms with Crippen LogP contribution in [-0.4, -0.2) is 63.7 Å². The van der Waals surface area contributed by atoms with Crippen molar-refractivity contribution in [3.63, 3.8) is 0 Å². The van der Waals surface area contributed by atoms with Gasteiger partial charge in [0.25, 0.3) is 5.91 Å². The Morgan fingerprint density at radius 3 is 2.97 bits per heavy atom. The summed E-state index contributed by atoms with van der Waals surface area (Å²) in [4.78, 5) is 25.8. The predicted octanol–water partition coefficient (Wildman–Crippen LogP) is 2.07. The van der Waals surface area contributed by atoms with E-state index in [4.69, 9.17) is 16.3 Å². The van der Waals surface area contributed by atoms with Crippen LogP contribution in [0.3, 0.4) is 0 Å². The van der Waals surface area contributed by atoms with Crippen molar-refractivity contribution in [1.82, 2.24) is 10.2 Å². The Kier molecular flexibility index (Phi) is 7.60. The molecule has 0 unspecified atom stereocenters. The van der Waals surface area contributed by atoms with Gasteiger partial charge in [-0.3, -0.25) is 9.59 Å². The van der Waals surface area contributed by atoms with Crippen molar-refractivity contribution in [2.24, 2.45) is 5.92 Å². The SMILES string of the molecule is C[C@@H]1CCCN(CCCNC(=O)CCS(=O)(=O)c2cc3c(cc2Cl)NC(=O)CO3)C1. The van der Waals surface area contributed by atoms with Gasteiger partial charge in [0.05, 0.1) is 21.4 Å². The number of carbonyl (C=O) groups is 2. The van der Waals surface area contributed by atoms with Crippen LogP contribution in [0.15, 0.2) is 17.0 Å². The fourth-order valence-electron chi connectivity index (χ4n) is 3.77. The molecule has 10 heteroatoms. The molecule has 1 atom stereocenters. The van der Waals surface area contributed by atoms with Crippen molar-refractivity contribution in [2.45, 2.75) is 37.5 Å². The molecule has 0 aliphatic carbocycles. The number of sulfone groups is 1. The van der Waals surface area contributed by atoms with E-state index in [-0.39, 0.29) is 46.3 Å². The van der Waals surface area contributed by atoms with E-state index in [0.29, 0.717) is 12.2 Å². The number of nitrogens with zero attached hydrogens (tertiary/aromatic N) is 1. The lowest BCUT2D eigenvalue weighted by atomic mass is 10.0. The van der Waals surface area contributed by atoms with E-state index in [1.807, 2.05) is 0 Å². The molecule has 2 aliphatic heterocycles. The zero-order valence-corrected chi connectivity index (χ0v) is 18.7. The molecule has 1 saturated heterocycles.